The van der Waals surface area contributed by atoms with E-state index in [1.165, 1.54) is 12.4 Å². The summed E-state index contributed by atoms with van der Waals surface area (Å²) >= 11 is 0. The van der Waals surface area contributed by atoms with Crippen LogP contribution in [0.2, 0.25) is 0 Å². The van der Waals surface area contributed by atoms with Crippen LogP contribution in [0.5, 0.6) is 0 Å². The molecule has 1 fully saturated rings. The largest absolute Gasteiger partial charge is 0.442 e. The van der Waals surface area contributed by atoms with Crippen LogP contribution in [0.1, 0.15) is 19.8 Å². The molecule has 10 heteroatoms. The molecule has 0 radical (unpaired) electrons. The lowest BCUT2D eigenvalue weighted by Crippen LogP contribution is -2.47. The summed E-state index contributed by atoms with van der Waals surface area (Å²) in [5, 5.41) is 3.62. The van der Waals surface area contributed by atoms with Gasteiger partial charge in [0.2, 0.25) is 5.91 Å². The Morgan fingerprint density at radius 3 is 2.62 bits per heavy atom. The van der Waals surface area contributed by atoms with E-state index in [9.17, 15) is 22.8 Å². The Morgan fingerprint density at radius 1 is 1.38 bits per heavy atom. The Morgan fingerprint density at radius 2 is 2.04 bits per heavy atom. The molecule has 0 aliphatic heterocycles. The second-order valence-corrected chi connectivity index (χ2v) is 6.31. The minimum absolute atomic E-state index is 0.0557. The number of pyridine rings is 1. The van der Waals surface area contributed by atoms with E-state index in [0.717, 1.165) is 22.3 Å². The zero-order valence-corrected chi connectivity index (χ0v) is 13.9. The van der Waals surface area contributed by atoms with Gasteiger partial charge in [-0.15, -0.1) is 0 Å². The van der Waals surface area contributed by atoms with Gasteiger partial charge in [0.1, 0.15) is 13.1 Å². The number of amides is 1. The third kappa shape index (κ3) is 4.12. The highest BCUT2D eigenvalue weighted by molar-refractivity contribution is 5.77. The van der Waals surface area contributed by atoms with Crippen molar-refractivity contribution in [2.45, 2.75) is 38.5 Å². The Labute approximate surface area is 146 Å². The normalized spacial score (nSPS) is 15.7. The number of carbonyl (C=O) groups is 1. The van der Waals surface area contributed by atoms with E-state index >= 15 is 0 Å². The first-order valence-corrected chi connectivity index (χ1v) is 8.09. The monoisotopic (exact) mass is 370 g/mol. The molecule has 140 valence electrons. The maximum Gasteiger partial charge on any atom is 0.442 e. The van der Waals surface area contributed by atoms with E-state index in [-0.39, 0.29) is 11.7 Å². The summed E-state index contributed by atoms with van der Waals surface area (Å²) in [7, 11) is 0. The van der Waals surface area contributed by atoms with Crippen molar-refractivity contribution >= 4 is 5.91 Å². The van der Waals surface area contributed by atoms with Crippen molar-refractivity contribution in [1.82, 2.24) is 19.6 Å². The maximum absolute atomic E-state index is 12.9. The van der Waals surface area contributed by atoms with Crippen molar-refractivity contribution in [3.63, 3.8) is 0 Å². The van der Waals surface area contributed by atoms with Gasteiger partial charge in [0.15, 0.2) is 5.82 Å². The van der Waals surface area contributed by atoms with Crippen LogP contribution in [0.4, 0.5) is 13.2 Å². The molecule has 0 bridgehead atoms. The van der Waals surface area contributed by atoms with Crippen molar-refractivity contribution in [3.05, 3.63) is 35.1 Å². The van der Waals surface area contributed by atoms with Crippen molar-refractivity contribution in [3.8, 4) is 11.4 Å². The smallest absolute Gasteiger partial charge is 0.329 e. The highest BCUT2D eigenvalue weighted by Crippen LogP contribution is 2.36. The molecule has 1 amide bonds. The van der Waals surface area contributed by atoms with Crippen molar-refractivity contribution in [1.29, 1.82) is 0 Å². The molecule has 0 saturated heterocycles. The fraction of sp³-hybridized carbons (Fsp3) is 0.500. The van der Waals surface area contributed by atoms with Crippen LogP contribution < -0.4 is 5.76 Å². The van der Waals surface area contributed by atoms with Gasteiger partial charge in [-0.2, -0.15) is 13.2 Å². The molecule has 3 rings (SSSR count). The lowest BCUT2D eigenvalue weighted by molar-refractivity contribution is -0.166. The second-order valence-electron chi connectivity index (χ2n) is 6.31. The Balaban J connectivity index is 1.86. The second kappa shape index (κ2) is 6.93. The number of hydrogen-bond donors (Lipinski definition) is 0. The highest BCUT2D eigenvalue weighted by Gasteiger charge is 2.40. The summed E-state index contributed by atoms with van der Waals surface area (Å²) in [6.07, 6.45) is -0.0134. The first-order valence-electron chi connectivity index (χ1n) is 8.09. The molecule has 1 unspecified atom stereocenters. The summed E-state index contributed by atoms with van der Waals surface area (Å²) in [4.78, 5) is 29.1. The number of alkyl halides is 3. The standard InChI is InChI=1S/C16H17F3N4O3/c1-10(11-2-3-11)23(9-16(17,18)19)13(24)8-22-14(21-26-15(22)25)12-4-6-20-7-5-12/h4-7,10-11H,2-3,8-9H2,1H3. The molecule has 0 spiro atoms. The zero-order valence-electron chi connectivity index (χ0n) is 13.9. The minimum atomic E-state index is -4.52. The maximum atomic E-state index is 12.9. The Hall–Kier alpha value is -2.65. The number of hydrogen-bond acceptors (Lipinski definition) is 5. The van der Waals surface area contributed by atoms with Gasteiger partial charge in [-0.05, 0) is 37.8 Å². The number of aromatic nitrogens is 3. The van der Waals surface area contributed by atoms with E-state index in [2.05, 4.69) is 14.7 Å². The van der Waals surface area contributed by atoms with Crippen molar-refractivity contribution < 1.29 is 22.5 Å². The lowest BCUT2D eigenvalue weighted by atomic mass is 10.1. The molecule has 1 saturated carbocycles. The summed E-state index contributed by atoms with van der Waals surface area (Å²) in [5.74, 6) is -1.59. The Kier molecular flexibility index (Phi) is 4.84. The van der Waals surface area contributed by atoms with Gasteiger partial charge in [0.25, 0.3) is 0 Å². The first-order chi connectivity index (χ1) is 12.3. The third-order valence-corrected chi connectivity index (χ3v) is 4.38. The van der Waals surface area contributed by atoms with Crippen LogP contribution in [0.15, 0.2) is 33.8 Å². The SMILES string of the molecule is CC(C1CC1)N(CC(F)(F)F)C(=O)Cn1c(-c2ccncc2)noc1=O. The quantitative estimate of drug-likeness (QED) is 0.778. The van der Waals surface area contributed by atoms with E-state index in [0.29, 0.717) is 5.56 Å². The fourth-order valence-electron chi connectivity index (χ4n) is 2.83. The van der Waals surface area contributed by atoms with E-state index in [1.54, 1.807) is 19.1 Å². The molecule has 0 N–H and O–H groups in total. The third-order valence-electron chi connectivity index (χ3n) is 4.38. The molecule has 1 aliphatic carbocycles. The summed E-state index contributed by atoms with van der Waals surface area (Å²) in [6.45, 7) is -0.331. The Bertz CT molecular complexity index is 827. The topological polar surface area (TPSA) is 81.2 Å². The number of carbonyl (C=O) groups excluding carboxylic acids is 1. The first kappa shape index (κ1) is 18.2. The van der Waals surface area contributed by atoms with Gasteiger partial charge in [-0.3, -0.25) is 14.3 Å². The van der Waals surface area contributed by atoms with Crippen LogP contribution in [0.25, 0.3) is 11.4 Å². The summed E-state index contributed by atoms with van der Waals surface area (Å²) < 4.78 is 44.3. The van der Waals surface area contributed by atoms with Gasteiger partial charge in [0, 0.05) is 24.0 Å². The highest BCUT2D eigenvalue weighted by atomic mass is 19.4. The molecule has 1 aliphatic rings. The van der Waals surface area contributed by atoms with Crippen LogP contribution in [-0.4, -0.2) is 44.3 Å². The van der Waals surface area contributed by atoms with E-state index in [1.807, 2.05) is 0 Å². The molecule has 7 nitrogen and oxygen atoms in total. The van der Waals surface area contributed by atoms with Gasteiger partial charge >= 0.3 is 11.9 Å². The van der Waals surface area contributed by atoms with Crippen LogP contribution in [-0.2, 0) is 11.3 Å². The van der Waals surface area contributed by atoms with Crippen LogP contribution in [0.3, 0.4) is 0 Å². The summed E-state index contributed by atoms with van der Waals surface area (Å²) in [5.41, 5.74) is 0.469. The van der Waals surface area contributed by atoms with E-state index < -0.39 is 37.0 Å². The zero-order chi connectivity index (χ0) is 18.9. The molecule has 2 aromatic rings. The molecule has 26 heavy (non-hydrogen) atoms. The number of nitrogens with zero attached hydrogens (tertiary/aromatic N) is 4. The minimum Gasteiger partial charge on any atom is -0.329 e. The van der Waals surface area contributed by atoms with Crippen LogP contribution >= 0.6 is 0 Å². The lowest BCUT2D eigenvalue weighted by Gasteiger charge is -2.30. The summed E-state index contributed by atoms with van der Waals surface area (Å²) in [6, 6.07) is 2.56. The van der Waals surface area contributed by atoms with Gasteiger partial charge in [-0.25, -0.2) is 9.36 Å². The molecular weight excluding hydrogens is 353 g/mol. The van der Waals surface area contributed by atoms with Gasteiger partial charge < -0.3 is 4.90 Å². The van der Waals surface area contributed by atoms with Crippen molar-refractivity contribution in [2.24, 2.45) is 5.92 Å². The van der Waals surface area contributed by atoms with Crippen molar-refractivity contribution in [2.75, 3.05) is 6.54 Å². The molecule has 2 heterocycles. The van der Waals surface area contributed by atoms with E-state index in [4.69, 9.17) is 0 Å². The molecular formula is C16H17F3N4O3. The predicted octanol–water partition coefficient (Wildman–Crippen LogP) is 2.09. The molecule has 0 aromatic carbocycles. The average molecular weight is 370 g/mol. The van der Waals surface area contributed by atoms with Gasteiger partial charge in [-0.1, -0.05) is 5.16 Å². The average Bonchev–Trinajstić information content (AvgIpc) is 3.37. The number of halogens is 3. The predicted molar refractivity (Wildman–Crippen MR) is 83.9 cm³/mol. The molecule has 2 aromatic heterocycles. The van der Waals surface area contributed by atoms with Crippen LogP contribution in [0, 0.1) is 5.92 Å². The van der Waals surface area contributed by atoms with Gasteiger partial charge in [0.05, 0.1) is 0 Å². The molecule has 1 atom stereocenters. The number of rotatable bonds is 6. The fourth-order valence-corrected chi connectivity index (χ4v) is 2.83.